The lowest BCUT2D eigenvalue weighted by molar-refractivity contribution is 0.0697. The van der Waals surface area contributed by atoms with Crippen molar-refractivity contribution in [3.05, 3.63) is 28.8 Å². The van der Waals surface area contributed by atoms with Gasteiger partial charge in [-0.05, 0) is 31.5 Å². The third-order valence-electron chi connectivity index (χ3n) is 2.48. The largest absolute Gasteiger partial charge is 0.478 e. The predicted molar refractivity (Wildman–Crippen MR) is 68.0 cm³/mol. The number of aromatic carboxylic acids is 1. The zero-order valence-corrected chi connectivity index (χ0v) is 10.6. The van der Waals surface area contributed by atoms with Crippen molar-refractivity contribution in [2.75, 3.05) is 18.5 Å². The first-order chi connectivity index (χ1) is 7.91. The molecule has 1 aromatic rings. The average molecular weight is 258 g/mol. The van der Waals surface area contributed by atoms with Gasteiger partial charge in [-0.3, -0.25) is 0 Å². The first-order valence-electron chi connectivity index (χ1n) is 5.34. The number of nitrogens with zero attached hydrogens (tertiary/aromatic N) is 1. The number of hydrogen-bond acceptors (Lipinski definition) is 3. The van der Waals surface area contributed by atoms with E-state index >= 15 is 0 Å². The quantitative estimate of drug-likeness (QED) is 0.849. The summed E-state index contributed by atoms with van der Waals surface area (Å²) < 4.78 is 0. The molecule has 1 unspecified atom stereocenters. The SMILES string of the molecule is CC(O)CCN(C)c1ccc(Cl)cc1C(=O)O. The van der Waals surface area contributed by atoms with Gasteiger partial charge in [0.25, 0.3) is 0 Å². The molecule has 0 bridgehead atoms. The number of carboxylic acids is 1. The van der Waals surface area contributed by atoms with E-state index in [0.29, 0.717) is 23.7 Å². The van der Waals surface area contributed by atoms with Gasteiger partial charge >= 0.3 is 5.97 Å². The molecule has 1 rings (SSSR count). The van der Waals surface area contributed by atoms with E-state index in [0.717, 1.165) is 0 Å². The second-order valence-electron chi connectivity index (χ2n) is 4.03. The van der Waals surface area contributed by atoms with Crippen molar-refractivity contribution in [2.45, 2.75) is 19.4 Å². The molecule has 0 saturated heterocycles. The maximum absolute atomic E-state index is 11.1. The fourth-order valence-corrected chi connectivity index (χ4v) is 1.69. The van der Waals surface area contributed by atoms with Crippen molar-refractivity contribution in [2.24, 2.45) is 0 Å². The van der Waals surface area contributed by atoms with Gasteiger partial charge in [-0.2, -0.15) is 0 Å². The average Bonchev–Trinajstić information content (AvgIpc) is 2.25. The van der Waals surface area contributed by atoms with E-state index in [1.807, 2.05) is 0 Å². The highest BCUT2D eigenvalue weighted by Crippen LogP contribution is 2.23. The normalized spacial score (nSPS) is 12.2. The van der Waals surface area contributed by atoms with Crippen LogP contribution in [0.2, 0.25) is 5.02 Å². The van der Waals surface area contributed by atoms with Crippen LogP contribution >= 0.6 is 11.6 Å². The molecule has 17 heavy (non-hydrogen) atoms. The lowest BCUT2D eigenvalue weighted by Crippen LogP contribution is -2.23. The predicted octanol–water partition coefficient (Wildman–Crippen LogP) is 2.25. The highest BCUT2D eigenvalue weighted by Gasteiger charge is 2.14. The standard InChI is InChI=1S/C12H16ClNO3/c1-8(15)5-6-14(2)11-4-3-9(13)7-10(11)12(16)17/h3-4,7-8,15H,5-6H2,1-2H3,(H,16,17). The molecule has 0 aromatic heterocycles. The second kappa shape index (κ2) is 5.89. The minimum Gasteiger partial charge on any atom is -0.478 e. The number of aliphatic hydroxyl groups excluding tert-OH is 1. The van der Waals surface area contributed by atoms with Crippen molar-refractivity contribution in [1.29, 1.82) is 0 Å². The molecule has 0 aliphatic carbocycles. The van der Waals surface area contributed by atoms with Crippen molar-refractivity contribution >= 4 is 23.3 Å². The van der Waals surface area contributed by atoms with Crippen LogP contribution in [-0.4, -0.2) is 35.9 Å². The zero-order chi connectivity index (χ0) is 13.0. The molecular weight excluding hydrogens is 242 g/mol. The van der Waals surface area contributed by atoms with E-state index in [4.69, 9.17) is 16.7 Å². The monoisotopic (exact) mass is 257 g/mol. The Morgan fingerprint density at radius 2 is 2.18 bits per heavy atom. The molecule has 4 nitrogen and oxygen atoms in total. The molecule has 5 heteroatoms. The Morgan fingerprint density at radius 3 is 2.71 bits per heavy atom. The summed E-state index contributed by atoms with van der Waals surface area (Å²) in [5, 5.41) is 18.7. The molecule has 1 atom stereocenters. The highest BCUT2D eigenvalue weighted by molar-refractivity contribution is 6.31. The minimum absolute atomic E-state index is 0.172. The van der Waals surface area contributed by atoms with Crippen molar-refractivity contribution in [3.8, 4) is 0 Å². The molecule has 1 aromatic carbocycles. The molecule has 0 fully saturated rings. The summed E-state index contributed by atoms with van der Waals surface area (Å²) in [5.74, 6) is -1.01. The molecule has 0 spiro atoms. The molecule has 94 valence electrons. The molecule has 2 N–H and O–H groups in total. The fourth-order valence-electron chi connectivity index (χ4n) is 1.51. The number of carboxylic acid groups (broad SMARTS) is 1. The summed E-state index contributed by atoms with van der Waals surface area (Å²) in [4.78, 5) is 12.9. The van der Waals surface area contributed by atoms with Gasteiger partial charge in [-0.25, -0.2) is 4.79 Å². The van der Waals surface area contributed by atoms with E-state index in [1.54, 1.807) is 31.0 Å². The van der Waals surface area contributed by atoms with E-state index in [1.165, 1.54) is 6.07 Å². The Balaban J connectivity index is 2.92. The summed E-state index contributed by atoms with van der Waals surface area (Å²) in [5.41, 5.74) is 0.771. The van der Waals surface area contributed by atoms with Gasteiger partial charge in [-0.15, -0.1) is 0 Å². The topological polar surface area (TPSA) is 60.8 Å². The van der Waals surface area contributed by atoms with Crippen LogP contribution in [-0.2, 0) is 0 Å². The molecular formula is C12H16ClNO3. The Labute approximate surface area is 105 Å². The van der Waals surface area contributed by atoms with E-state index < -0.39 is 12.1 Å². The molecule has 0 heterocycles. The third-order valence-corrected chi connectivity index (χ3v) is 2.72. The Kier molecular flexibility index (Phi) is 4.78. The highest BCUT2D eigenvalue weighted by atomic mass is 35.5. The summed E-state index contributed by atoms with van der Waals surface area (Å²) in [7, 11) is 1.79. The van der Waals surface area contributed by atoms with Gasteiger partial charge in [0.15, 0.2) is 0 Å². The Morgan fingerprint density at radius 1 is 1.53 bits per heavy atom. The van der Waals surface area contributed by atoms with E-state index in [-0.39, 0.29) is 5.56 Å². The van der Waals surface area contributed by atoms with Crippen LogP contribution < -0.4 is 4.90 Å². The number of anilines is 1. The van der Waals surface area contributed by atoms with Crippen molar-refractivity contribution in [1.82, 2.24) is 0 Å². The smallest absolute Gasteiger partial charge is 0.337 e. The van der Waals surface area contributed by atoms with E-state index in [2.05, 4.69) is 0 Å². The molecule has 0 radical (unpaired) electrons. The summed E-state index contributed by atoms with van der Waals surface area (Å²) in [6.45, 7) is 2.29. The number of hydrogen-bond donors (Lipinski definition) is 2. The number of carbonyl (C=O) groups is 1. The van der Waals surface area contributed by atoms with Gasteiger partial charge in [0.05, 0.1) is 17.4 Å². The van der Waals surface area contributed by atoms with Crippen LogP contribution in [0.25, 0.3) is 0 Å². The number of benzene rings is 1. The second-order valence-corrected chi connectivity index (χ2v) is 4.46. The first kappa shape index (κ1) is 13.8. The Bertz CT molecular complexity index is 407. The molecule has 0 aliphatic rings. The van der Waals surface area contributed by atoms with Crippen molar-refractivity contribution in [3.63, 3.8) is 0 Å². The van der Waals surface area contributed by atoms with Gasteiger partial charge < -0.3 is 15.1 Å². The van der Waals surface area contributed by atoms with Crippen LogP contribution in [0.5, 0.6) is 0 Å². The Hall–Kier alpha value is -1.26. The lowest BCUT2D eigenvalue weighted by atomic mass is 10.1. The number of halogens is 1. The molecule has 0 amide bonds. The first-order valence-corrected chi connectivity index (χ1v) is 5.71. The zero-order valence-electron chi connectivity index (χ0n) is 9.85. The maximum atomic E-state index is 11.1. The van der Waals surface area contributed by atoms with E-state index in [9.17, 15) is 9.90 Å². The molecule has 0 aliphatic heterocycles. The third kappa shape index (κ3) is 3.91. The maximum Gasteiger partial charge on any atom is 0.337 e. The summed E-state index contributed by atoms with van der Waals surface area (Å²) in [6, 6.07) is 4.76. The summed E-state index contributed by atoms with van der Waals surface area (Å²) in [6.07, 6.45) is 0.177. The number of rotatable bonds is 5. The summed E-state index contributed by atoms with van der Waals surface area (Å²) >= 11 is 5.77. The van der Waals surface area contributed by atoms with Gasteiger partial charge in [0.1, 0.15) is 0 Å². The lowest BCUT2D eigenvalue weighted by Gasteiger charge is -2.22. The van der Waals surface area contributed by atoms with Gasteiger partial charge in [0.2, 0.25) is 0 Å². The van der Waals surface area contributed by atoms with Crippen LogP contribution in [0.1, 0.15) is 23.7 Å². The van der Waals surface area contributed by atoms with Crippen LogP contribution in [0.4, 0.5) is 5.69 Å². The number of aliphatic hydroxyl groups is 1. The minimum atomic E-state index is -1.01. The van der Waals surface area contributed by atoms with Gasteiger partial charge in [0, 0.05) is 18.6 Å². The van der Waals surface area contributed by atoms with Crippen molar-refractivity contribution < 1.29 is 15.0 Å². The van der Waals surface area contributed by atoms with Gasteiger partial charge in [-0.1, -0.05) is 11.6 Å². The van der Waals surface area contributed by atoms with Crippen LogP contribution in [0.15, 0.2) is 18.2 Å². The van der Waals surface area contributed by atoms with Crippen LogP contribution in [0.3, 0.4) is 0 Å². The molecule has 0 saturated carbocycles. The van der Waals surface area contributed by atoms with Crippen LogP contribution in [0, 0.1) is 0 Å². The fraction of sp³-hybridized carbons (Fsp3) is 0.417.